The molecule has 0 saturated heterocycles. The number of ether oxygens (including phenoxy) is 2. The van der Waals surface area contributed by atoms with Crippen LogP contribution in [0.3, 0.4) is 0 Å². The second-order valence-corrected chi connectivity index (χ2v) is 6.33. The van der Waals surface area contributed by atoms with Gasteiger partial charge in [-0.05, 0) is 49.6 Å². The number of hydrogen-bond donors (Lipinski definition) is 0. The zero-order valence-corrected chi connectivity index (χ0v) is 15.7. The third kappa shape index (κ3) is 4.99. The van der Waals surface area contributed by atoms with Gasteiger partial charge in [-0.15, -0.1) is 0 Å². The maximum Gasteiger partial charge on any atom is 0.263 e. The van der Waals surface area contributed by atoms with Gasteiger partial charge in [-0.2, -0.15) is 0 Å². The molecule has 0 heterocycles. The summed E-state index contributed by atoms with van der Waals surface area (Å²) in [5.74, 6) is 1.56. The van der Waals surface area contributed by atoms with E-state index in [2.05, 4.69) is 6.07 Å². The first kappa shape index (κ1) is 18.8. The van der Waals surface area contributed by atoms with Crippen LogP contribution in [0.5, 0.6) is 11.5 Å². The van der Waals surface area contributed by atoms with Crippen molar-refractivity contribution in [3.05, 3.63) is 59.2 Å². The van der Waals surface area contributed by atoms with Gasteiger partial charge in [-0.3, -0.25) is 4.79 Å². The second-order valence-electron chi connectivity index (χ2n) is 6.33. The van der Waals surface area contributed by atoms with Gasteiger partial charge in [0.15, 0.2) is 6.10 Å². The standard InChI is InChI=1S/C21H27NO3/c1-6-19(25-20-12-7-15(2)13-16(20)3)21(23)22(4)14-17-8-10-18(24-5)11-9-17/h7-13,19H,6,14H2,1-5H3/t19-/m1/s1. The van der Waals surface area contributed by atoms with Crippen LogP contribution in [0.4, 0.5) is 0 Å². The van der Waals surface area contributed by atoms with Gasteiger partial charge in [-0.25, -0.2) is 0 Å². The van der Waals surface area contributed by atoms with Crippen molar-refractivity contribution >= 4 is 5.91 Å². The monoisotopic (exact) mass is 341 g/mol. The zero-order valence-electron chi connectivity index (χ0n) is 15.7. The summed E-state index contributed by atoms with van der Waals surface area (Å²) in [6, 6.07) is 13.7. The third-order valence-electron chi connectivity index (χ3n) is 4.20. The number of hydrogen-bond acceptors (Lipinski definition) is 3. The summed E-state index contributed by atoms with van der Waals surface area (Å²) in [5.41, 5.74) is 3.28. The number of benzene rings is 2. The average Bonchev–Trinajstić information content (AvgIpc) is 2.61. The van der Waals surface area contributed by atoms with E-state index in [1.165, 1.54) is 5.56 Å². The Morgan fingerprint density at radius 2 is 1.80 bits per heavy atom. The van der Waals surface area contributed by atoms with Crippen molar-refractivity contribution in [1.29, 1.82) is 0 Å². The number of likely N-dealkylation sites (N-methyl/N-ethyl adjacent to an activating group) is 1. The fourth-order valence-corrected chi connectivity index (χ4v) is 2.72. The molecule has 0 aliphatic heterocycles. The van der Waals surface area contributed by atoms with E-state index in [9.17, 15) is 4.79 Å². The lowest BCUT2D eigenvalue weighted by Gasteiger charge is -2.24. The summed E-state index contributed by atoms with van der Waals surface area (Å²) >= 11 is 0. The Balaban J connectivity index is 2.04. The van der Waals surface area contributed by atoms with Crippen molar-refractivity contribution in [3.63, 3.8) is 0 Å². The number of aryl methyl sites for hydroxylation is 2. The molecule has 1 atom stereocenters. The first-order chi connectivity index (χ1) is 11.9. The number of nitrogens with zero attached hydrogens (tertiary/aromatic N) is 1. The summed E-state index contributed by atoms with van der Waals surface area (Å²) in [7, 11) is 3.45. The molecular weight excluding hydrogens is 314 g/mol. The van der Waals surface area contributed by atoms with E-state index in [1.807, 2.05) is 57.2 Å². The summed E-state index contributed by atoms with van der Waals surface area (Å²) < 4.78 is 11.2. The predicted octanol–water partition coefficient (Wildman–Crippen LogP) is 4.13. The molecule has 0 radical (unpaired) electrons. The number of rotatable bonds is 7. The normalized spacial score (nSPS) is 11.7. The van der Waals surface area contributed by atoms with Gasteiger partial charge in [0.05, 0.1) is 7.11 Å². The number of methoxy groups -OCH3 is 1. The Bertz CT molecular complexity index is 710. The van der Waals surface area contributed by atoms with Gasteiger partial charge in [0.1, 0.15) is 11.5 Å². The molecule has 25 heavy (non-hydrogen) atoms. The van der Waals surface area contributed by atoms with Crippen LogP contribution >= 0.6 is 0 Å². The highest BCUT2D eigenvalue weighted by molar-refractivity contribution is 5.81. The van der Waals surface area contributed by atoms with Crippen molar-refractivity contribution < 1.29 is 14.3 Å². The smallest absolute Gasteiger partial charge is 0.263 e. The molecule has 1 amide bonds. The van der Waals surface area contributed by atoms with Crippen molar-refractivity contribution in [2.24, 2.45) is 0 Å². The van der Waals surface area contributed by atoms with E-state index in [0.29, 0.717) is 13.0 Å². The number of amides is 1. The van der Waals surface area contributed by atoms with E-state index in [1.54, 1.807) is 19.1 Å². The lowest BCUT2D eigenvalue weighted by atomic mass is 10.1. The second kappa shape index (κ2) is 8.56. The lowest BCUT2D eigenvalue weighted by molar-refractivity contribution is -0.138. The molecule has 0 N–H and O–H groups in total. The van der Waals surface area contributed by atoms with E-state index < -0.39 is 6.10 Å². The summed E-state index contributed by atoms with van der Waals surface area (Å²) in [6.45, 7) is 6.55. The Morgan fingerprint density at radius 3 is 2.36 bits per heavy atom. The lowest BCUT2D eigenvalue weighted by Crippen LogP contribution is -2.39. The molecule has 2 aromatic carbocycles. The zero-order chi connectivity index (χ0) is 18.4. The SMILES string of the molecule is CC[C@@H](Oc1ccc(C)cc1C)C(=O)N(C)Cc1ccc(OC)cc1. The third-order valence-corrected chi connectivity index (χ3v) is 4.20. The van der Waals surface area contributed by atoms with Crippen LogP contribution in [-0.4, -0.2) is 31.1 Å². The fraction of sp³-hybridized carbons (Fsp3) is 0.381. The van der Waals surface area contributed by atoms with Crippen LogP contribution in [0, 0.1) is 13.8 Å². The Hall–Kier alpha value is -2.49. The minimum absolute atomic E-state index is 0.0155. The molecular formula is C21H27NO3. The van der Waals surface area contributed by atoms with E-state index >= 15 is 0 Å². The topological polar surface area (TPSA) is 38.8 Å². The van der Waals surface area contributed by atoms with Crippen molar-refractivity contribution in [3.8, 4) is 11.5 Å². The van der Waals surface area contributed by atoms with Crippen molar-refractivity contribution in [2.75, 3.05) is 14.2 Å². The van der Waals surface area contributed by atoms with Crippen LogP contribution in [0.25, 0.3) is 0 Å². The van der Waals surface area contributed by atoms with Crippen molar-refractivity contribution in [2.45, 2.75) is 39.8 Å². The summed E-state index contributed by atoms with van der Waals surface area (Å²) in [5, 5.41) is 0. The van der Waals surface area contributed by atoms with Gasteiger partial charge in [-0.1, -0.05) is 36.8 Å². The largest absolute Gasteiger partial charge is 0.497 e. The van der Waals surface area contributed by atoms with Crippen LogP contribution in [0.2, 0.25) is 0 Å². The molecule has 2 rings (SSSR count). The highest BCUT2D eigenvalue weighted by Gasteiger charge is 2.23. The predicted molar refractivity (Wildman–Crippen MR) is 100 cm³/mol. The fourth-order valence-electron chi connectivity index (χ4n) is 2.72. The average molecular weight is 341 g/mol. The van der Waals surface area contributed by atoms with Gasteiger partial charge >= 0.3 is 0 Å². The molecule has 0 aromatic heterocycles. The summed E-state index contributed by atoms with van der Waals surface area (Å²) in [4.78, 5) is 14.5. The molecule has 0 unspecified atom stereocenters. The number of carbonyl (C=O) groups excluding carboxylic acids is 1. The maximum absolute atomic E-state index is 12.8. The van der Waals surface area contributed by atoms with Crippen LogP contribution in [-0.2, 0) is 11.3 Å². The molecule has 0 aliphatic carbocycles. The Morgan fingerprint density at radius 1 is 1.12 bits per heavy atom. The quantitative estimate of drug-likeness (QED) is 0.760. The van der Waals surface area contributed by atoms with Gasteiger partial charge < -0.3 is 14.4 Å². The molecule has 134 valence electrons. The summed E-state index contributed by atoms with van der Waals surface area (Å²) in [6.07, 6.45) is 0.142. The highest BCUT2D eigenvalue weighted by Crippen LogP contribution is 2.22. The first-order valence-electron chi connectivity index (χ1n) is 8.56. The minimum Gasteiger partial charge on any atom is -0.497 e. The van der Waals surface area contributed by atoms with Crippen LogP contribution in [0.15, 0.2) is 42.5 Å². The van der Waals surface area contributed by atoms with E-state index in [0.717, 1.165) is 22.6 Å². The van der Waals surface area contributed by atoms with Crippen LogP contribution < -0.4 is 9.47 Å². The molecule has 0 spiro atoms. The first-order valence-corrected chi connectivity index (χ1v) is 8.56. The molecule has 4 heteroatoms. The van der Waals surface area contributed by atoms with Gasteiger partial charge in [0.25, 0.3) is 5.91 Å². The van der Waals surface area contributed by atoms with Gasteiger partial charge in [0.2, 0.25) is 0 Å². The van der Waals surface area contributed by atoms with E-state index in [4.69, 9.17) is 9.47 Å². The molecule has 0 fully saturated rings. The molecule has 0 aliphatic rings. The maximum atomic E-state index is 12.8. The minimum atomic E-state index is -0.482. The highest BCUT2D eigenvalue weighted by atomic mass is 16.5. The molecule has 0 saturated carbocycles. The Labute approximate surface area is 150 Å². The van der Waals surface area contributed by atoms with Crippen molar-refractivity contribution in [1.82, 2.24) is 4.90 Å². The molecule has 0 bridgehead atoms. The molecule has 4 nitrogen and oxygen atoms in total. The number of carbonyl (C=O) groups is 1. The Kier molecular flexibility index (Phi) is 6.45. The van der Waals surface area contributed by atoms with E-state index in [-0.39, 0.29) is 5.91 Å². The van der Waals surface area contributed by atoms with Gasteiger partial charge in [0, 0.05) is 13.6 Å². The molecule has 2 aromatic rings. The van der Waals surface area contributed by atoms with Crippen LogP contribution in [0.1, 0.15) is 30.0 Å².